The largest absolute Gasteiger partial charge is 0.317 e. The summed E-state index contributed by atoms with van der Waals surface area (Å²) in [6, 6.07) is 26.7. The maximum atomic E-state index is 13.8. The van der Waals surface area contributed by atoms with Crippen LogP contribution in [0.5, 0.6) is 0 Å². The normalized spacial score (nSPS) is 13.4. The number of hydrogen-bond acceptors (Lipinski definition) is 2. The topological polar surface area (TPSA) is 26.3 Å². The Morgan fingerprint density at radius 1 is 0.783 bits per heavy atom. The lowest BCUT2D eigenvalue weighted by Gasteiger charge is -2.20. The molecule has 1 unspecified atom stereocenters. The van der Waals surface area contributed by atoms with Gasteiger partial charge < -0.3 is 4.52 Å². The minimum absolute atomic E-state index is 0.300. The lowest BCUT2D eigenvalue weighted by atomic mass is 10.2. The van der Waals surface area contributed by atoms with Crippen LogP contribution < -0.4 is 10.6 Å². The average Bonchev–Trinajstić information content (AvgIpc) is 2.62. The Kier molecular flexibility index (Phi) is 5.12. The van der Waals surface area contributed by atoms with Gasteiger partial charge in [-0.2, -0.15) is 0 Å². The summed E-state index contributed by atoms with van der Waals surface area (Å²) in [5, 5.41) is 1.38. The summed E-state index contributed by atoms with van der Waals surface area (Å²) >= 11 is 3.50. The summed E-state index contributed by atoms with van der Waals surface area (Å²) in [4.78, 5) is 0. The predicted molar refractivity (Wildman–Crippen MR) is 98.7 cm³/mol. The highest BCUT2D eigenvalue weighted by molar-refractivity contribution is 9.10. The lowest BCUT2D eigenvalue weighted by Crippen LogP contribution is -2.19. The Balaban J connectivity index is 2.01. The Bertz CT molecular complexity index is 819. The number of rotatable bonds is 5. The number of halogens is 1. The molecule has 0 aromatic heterocycles. The van der Waals surface area contributed by atoms with E-state index in [-0.39, 0.29) is 0 Å². The SMILES string of the molecule is O=P(OCc1ccccc1)(c1ccccc1)c1ccccc1Br. The third-order valence-corrected chi connectivity index (χ3v) is 7.01. The molecule has 0 N–H and O–H groups in total. The van der Waals surface area contributed by atoms with Gasteiger partial charge >= 0.3 is 0 Å². The molecule has 3 aromatic carbocycles. The van der Waals surface area contributed by atoms with Crippen molar-refractivity contribution in [2.45, 2.75) is 6.61 Å². The molecule has 4 heteroatoms. The fraction of sp³-hybridized carbons (Fsp3) is 0.0526. The van der Waals surface area contributed by atoms with Gasteiger partial charge in [0, 0.05) is 9.78 Å². The zero-order chi connectivity index (χ0) is 16.1. The molecular formula is C19H16BrO2P. The molecule has 0 aliphatic carbocycles. The third-order valence-electron chi connectivity index (χ3n) is 3.52. The molecule has 0 aliphatic rings. The summed E-state index contributed by atoms with van der Waals surface area (Å²) in [7, 11) is -3.17. The molecular weight excluding hydrogens is 371 g/mol. The molecule has 0 heterocycles. The molecule has 0 fully saturated rings. The van der Waals surface area contributed by atoms with Crippen LogP contribution in [0.3, 0.4) is 0 Å². The zero-order valence-corrected chi connectivity index (χ0v) is 14.9. The van der Waals surface area contributed by atoms with Crippen molar-refractivity contribution >= 4 is 33.9 Å². The van der Waals surface area contributed by atoms with Crippen molar-refractivity contribution in [1.82, 2.24) is 0 Å². The van der Waals surface area contributed by atoms with Crippen molar-refractivity contribution in [3.8, 4) is 0 Å². The van der Waals surface area contributed by atoms with Crippen molar-refractivity contribution in [3.63, 3.8) is 0 Å². The maximum absolute atomic E-state index is 13.8. The summed E-state index contributed by atoms with van der Waals surface area (Å²) in [5.74, 6) is 0. The molecule has 1 atom stereocenters. The van der Waals surface area contributed by atoms with Crippen LogP contribution >= 0.6 is 23.3 Å². The van der Waals surface area contributed by atoms with Gasteiger partial charge in [-0.1, -0.05) is 60.7 Å². The number of benzene rings is 3. The second kappa shape index (κ2) is 7.27. The van der Waals surface area contributed by atoms with E-state index in [9.17, 15) is 4.57 Å². The molecule has 0 radical (unpaired) electrons. The van der Waals surface area contributed by atoms with E-state index in [1.165, 1.54) is 0 Å². The summed E-state index contributed by atoms with van der Waals surface area (Å²) in [6.45, 7) is 0.300. The molecule has 0 spiro atoms. The Hall–Kier alpha value is -1.67. The van der Waals surface area contributed by atoms with E-state index in [4.69, 9.17) is 4.52 Å². The van der Waals surface area contributed by atoms with E-state index in [0.29, 0.717) is 17.2 Å². The van der Waals surface area contributed by atoms with Gasteiger partial charge in [-0.15, -0.1) is 0 Å². The molecule has 23 heavy (non-hydrogen) atoms. The van der Waals surface area contributed by atoms with Gasteiger partial charge in [0.1, 0.15) is 0 Å². The van der Waals surface area contributed by atoms with Crippen LogP contribution in [0, 0.1) is 0 Å². The van der Waals surface area contributed by atoms with Crippen LogP contribution in [0.1, 0.15) is 5.56 Å². The first-order valence-corrected chi connectivity index (χ1v) is 9.71. The number of hydrogen-bond donors (Lipinski definition) is 0. The third kappa shape index (κ3) is 3.64. The first-order valence-electron chi connectivity index (χ1n) is 7.29. The highest BCUT2D eigenvalue weighted by Gasteiger charge is 2.30. The van der Waals surface area contributed by atoms with Crippen molar-refractivity contribution < 1.29 is 9.09 Å². The Labute approximate surface area is 144 Å². The summed E-state index contributed by atoms with van der Waals surface area (Å²) in [6.07, 6.45) is 0. The fourth-order valence-corrected chi connectivity index (χ4v) is 5.42. The molecule has 0 saturated carbocycles. The van der Waals surface area contributed by atoms with Gasteiger partial charge in [-0.25, -0.2) is 0 Å². The van der Waals surface area contributed by atoms with Crippen molar-refractivity contribution in [2.75, 3.05) is 0 Å². The second-order valence-electron chi connectivity index (χ2n) is 5.10. The smallest absolute Gasteiger partial charge is 0.262 e. The molecule has 0 amide bonds. The summed E-state index contributed by atoms with van der Waals surface area (Å²) < 4.78 is 20.5. The first kappa shape index (κ1) is 16.2. The van der Waals surface area contributed by atoms with Crippen LogP contribution in [0.15, 0.2) is 89.4 Å². The Morgan fingerprint density at radius 3 is 2.00 bits per heavy atom. The second-order valence-corrected chi connectivity index (χ2v) is 8.31. The maximum Gasteiger partial charge on any atom is 0.262 e. The van der Waals surface area contributed by atoms with Crippen LogP contribution in [-0.4, -0.2) is 0 Å². The van der Waals surface area contributed by atoms with Crippen LogP contribution in [0.2, 0.25) is 0 Å². The van der Waals surface area contributed by atoms with Gasteiger partial charge in [0.25, 0.3) is 7.37 Å². The van der Waals surface area contributed by atoms with Gasteiger partial charge in [0.15, 0.2) is 0 Å². The van der Waals surface area contributed by atoms with Crippen molar-refractivity contribution in [1.29, 1.82) is 0 Å². The van der Waals surface area contributed by atoms with E-state index in [1.54, 1.807) is 0 Å². The van der Waals surface area contributed by atoms with Crippen molar-refractivity contribution in [3.05, 3.63) is 95.0 Å². The lowest BCUT2D eigenvalue weighted by molar-refractivity contribution is 0.316. The van der Waals surface area contributed by atoms with E-state index in [1.807, 2.05) is 84.9 Å². The van der Waals surface area contributed by atoms with E-state index in [0.717, 1.165) is 10.0 Å². The highest BCUT2D eigenvalue weighted by Crippen LogP contribution is 2.47. The monoisotopic (exact) mass is 386 g/mol. The van der Waals surface area contributed by atoms with Gasteiger partial charge in [-0.3, -0.25) is 4.57 Å². The van der Waals surface area contributed by atoms with E-state index in [2.05, 4.69) is 15.9 Å². The Morgan fingerprint density at radius 2 is 1.35 bits per heavy atom. The molecule has 3 rings (SSSR count). The molecule has 0 aliphatic heterocycles. The minimum Gasteiger partial charge on any atom is -0.317 e. The summed E-state index contributed by atoms with van der Waals surface area (Å²) in [5.41, 5.74) is 0.996. The van der Waals surface area contributed by atoms with Gasteiger partial charge in [0.2, 0.25) is 0 Å². The van der Waals surface area contributed by atoms with Crippen LogP contribution in [0.4, 0.5) is 0 Å². The van der Waals surface area contributed by atoms with Gasteiger partial charge in [0.05, 0.1) is 11.9 Å². The molecule has 116 valence electrons. The molecule has 2 nitrogen and oxygen atoms in total. The standard InChI is InChI=1S/C19H16BrO2P/c20-18-13-7-8-14-19(18)23(21,17-11-5-2-6-12-17)22-15-16-9-3-1-4-10-16/h1-14H,15H2. The molecule has 3 aromatic rings. The van der Waals surface area contributed by atoms with Crippen LogP contribution in [0.25, 0.3) is 0 Å². The van der Waals surface area contributed by atoms with Crippen LogP contribution in [-0.2, 0) is 15.7 Å². The molecule has 0 bridgehead atoms. The first-order chi connectivity index (χ1) is 11.2. The fourth-order valence-electron chi connectivity index (χ4n) is 2.34. The van der Waals surface area contributed by atoms with Crippen molar-refractivity contribution in [2.24, 2.45) is 0 Å². The molecule has 0 saturated heterocycles. The highest BCUT2D eigenvalue weighted by atomic mass is 79.9. The average molecular weight is 387 g/mol. The van der Waals surface area contributed by atoms with E-state index >= 15 is 0 Å². The van der Waals surface area contributed by atoms with Gasteiger partial charge in [-0.05, 0) is 45.8 Å². The zero-order valence-electron chi connectivity index (χ0n) is 12.4. The predicted octanol–water partition coefficient (Wildman–Crippen LogP) is 4.89. The van der Waals surface area contributed by atoms with E-state index < -0.39 is 7.37 Å². The minimum atomic E-state index is -3.17. The quantitative estimate of drug-likeness (QED) is 0.583.